The number of amides is 2. The Morgan fingerprint density at radius 1 is 1.04 bits per heavy atom. The zero-order valence-electron chi connectivity index (χ0n) is 15.4. The molecule has 7 heteroatoms. The van der Waals surface area contributed by atoms with Gasteiger partial charge in [-0.3, -0.25) is 14.4 Å². The molecule has 0 bridgehead atoms. The van der Waals surface area contributed by atoms with E-state index in [-0.39, 0.29) is 11.8 Å². The third kappa shape index (κ3) is 3.44. The van der Waals surface area contributed by atoms with Crippen LogP contribution in [0.25, 0.3) is 0 Å². The number of hydrogen-bond acceptors (Lipinski definition) is 4. The Hall–Kier alpha value is -2.41. The fourth-order valence-corrected chi connectivity index (χ4v) is 3.70. The molecule has 0 radical (unpaired) electrons. The second-order valence-electron chi connectivity index (χ2n) is 7.78. The van der Waals surface area contributed by atoms with Crippen LogP contribution in [0.15, 0.2) is 24.3 Å². The van der Waals surface area contributed by atoms with Crippen molar-refractivity contribution < 1.29 is 19.5 Å². The van der Waals surface area contributed by atoms with Gasteiger partial charge in [-0.05, 0) is 36.7 Å². The fourth-order valence-electron chi connectivity index (χ4n) is 3.70. The molecule has 140 valence electrons. The Kier molecular flexibility index (Phi) is 4.75. The predicted octanol–water partition coefficient (Wildman–Crippen LogP) is 1.37. The standard InChI is InChI=1S/C19H25N3O4/c1-19(2)14(15(19)18(25)26)16(23)20-13-6-4-12(5-7-13)17(24)22-10-8-21(3)9-11-22/h4-7,14-15H,8-11H2,1-3H3,(H,20,23)(H,25,26)/t14-,15+/m0/s1. The monoisotopic (exact) mass is 359 g/mol. The summed E-state index contributed by atoms with van der Waals surface area (Å²) in [5.41, 5.74) is 0.618. The Balaban J connectivity index is 1.61. The number of aliphatic carboxylic acids is 1. The number of carboxylic acids is 1. The van der Waals surface area contributed by atoms with Crippen LogP contribution in [0.1, 0.15) is 24.2 Å². The Morgan fingerprint density at radius 3 is 2.12 bits per heavy atom. The second kappa shape index (κ2) is 6.72. The van der Waals surface area contributed by atoms with E-state index in [0.717, 1.165) is 13.1 Å². The van der Waals surface area contributed by atoms with Crippen molar-refractivity contribution in [3.8, 4) is 0 Å². The SMILES string of the molecule is CN1CCN(C(=O)c2ccc(NC(=O)[C@@H]3[C@H](C(=O)O)C3(C)C)cc2)CC1. The molecular weight excluding hydrogens is 334 g/mol. The Labute approximate surface area is 153 Å². The summed E-state index contributed by atoms with van der Waals surface area (Å²) < 4.78 is 0. The first-order valence-electron chi connectivity index (χ1n) is 8.83. The lowest BCUT2D eigenvalue weighted by molar-refractivity contribution is -0.140. The minimum absolute atomic E-state index is 0.00903. The van der Waals surface area contributed by atoms with E-state index in [2.05, 4.69) is 10.2 Å². The number of carbonyl (C=O) groups excluding carboxylic acids is 2. The maximum atomic E-state index is 12.5. The second-order valence-corrected chi connectivity index (χ2v) is 7.78. The molecule has 2 amide bonds. The van der Waals surface area contributed by atoms with Crippen LogP contribution in [0.5, 0.6) is 0 Å². The van der Waals surface area contributed by atoms with Gasteiger partial charge in [0.05, 0.1) is 11.8 Å². The predicted molar refractivity (Wildman–Crippen MR) is 96.9 cm³/mol. The minimum atomic E-state index is -0.941. The van der Waals surface area contributed by atoms with E-state index in [1.807, 2.05) is 11.9 Å². The van der Waals surface area contributed by atoms with E-state index in [1.54, 1.807) is 38.1 Å². The molecule has 1 saturated carbocycles. The highest BCUT2D eigenvalue weighted by molar-refractivity contribution is 6.00. The summed E-state index contributed by atoms with van der Waals surface area (Å²) in [7, 11) is 2.04. The van der Waals surface area contributed by atoms with Gasteiger partial charge < -0.3 is 20.2 Å². The fraction of sp³-hybridized carbons (Fsp3) is 0.526. The summed E-state index contributed by atoms with van der Waals surface area (Å²) >= 11 is 0. The van der Waals surface area contributed by atoms with E-state index in [1.165, 1.54) is 0 Å². The number of carboxylic acid groups (broad SMARTS) is 1. The summed E-state index contributed by atoms with van der Waals surface area (Å²) in [4.78, 5) is 40.1. The molecular formula is C19H25N3O4. The zero-order chi connectivity index (χ0) is 19.1. The highest BCUT2D eigenvalue weighted by Crippen LogP contribution is 2.58. The third-order valence-corrected chi connectivity index (χ3v) is 5.57. The van der Waals surface area contributed by atoms with Crippen LogP contribution >= 0.6 is 0 Å². The van der Waals surface area contributed by atoms with Gasteiger partial charge in [0.25, 0.3) is 5.91 Å². The van der Waals surface area contributed by atoms with Crippen molar-refractivity contribution in [2.45, 2.75) is 13.8 Å². The lowest BCUT2D eigenvalue weighted by Crippen LogP contribution is -2.47. The van der Waals surface area contributed by atoms with Crippen LogP contribution in [-0.2, 0) is 9.59 Å². The molecule has 0 spiro atoms. The van der Waals surface area contributed by atoms with Gasteiger partial charge in [-0.25, -0.2) is 0 Å². The van der Waals surface area contributed by atoms with Gasteiger partial charge in [0.1, 0.15) is 0 Å². The number of piperazine rings is 1. The molecule has 1 aliphatic carbocycles. The molecule has 2 aliphatic rings. The van der Waals surface area contributed by atoms with Crippen molar-refractivity contribution in [3.05, 3.63) is 29.8 Å². The number of carbonyl (C=O) groups is 3. The lowest BCUT2D eigenvalue weighted by Gasteiger charge is -2.32. The van der Waals surface area contributed by atoms with Gasteiger partial charge >= 0.3 is 5.97 Å². The van der Waals surface area contributed by atoms with E-state index in [0.29, 0.717) is 24.3 Å². The molecule has 3 rings (SSSR count). The maximum Gasteiger partial charge on any atom is 0.307 e. The minimum Gasteiger partial charge on any atom is -0.481 e. The average Bonchev–Trinajstić information content (AvgIpc) is 3.18. The van der Waals surface area contributed by atoms with Crippen molar-refractivity contribution in [1.82, 2.24) is 9.80 Å². The Bertz CT molecular complexity index is 721. The summed E-state index contributed by atoms with van der Waals surface area (Å²) in [5.74, 6) is -2.43. The number of anilines is 1. The molecule has 1 aromatic rings. The summed E-state index contributed by atoms with van der Waals surface area (Å²) in [6.45, 7) is 6.72. The number of benzene rings is 1. The van der Waals surface area contributed by atoms with E-state index in [4.69, 9.17) is 0 Å². The largest absolute Gasteiger partial charge is 0.481 e. The van der Waals surface area contributed by atoms with E-state index < -0.39 is 23.2 Å². The Morgan fingerprint density at radius 2 is 1.62 bits per heavy atom. The topological polar surface area (TPSA) is 90.0 Å². The van der Waals surface area contributed by atoms with E-state index in [9.17, 15) is 19.5 Å². The maximum absolute atomic E-state index is 12.5. The average molecular weight is 359 g/mol. The molecule has 2 N–H and O–H groups in total. The lowest BCUT2D eigenvalue weighted by atomic mass is 10.1. The molecule has 7 nitrogen and oxygen atoms in total. The van der Waals surface area contributed by atoms with Gasteiger partial charge in [-0.1, -0.05) is 13.8 Å². The van der Waals surface area contributed by atoms with E-state index >= 15 is 0 Å². The van der Waals surface area contributed by atoms with Crippen molar-refractivity contribution in [2.24, 2.45) is 17.3 Å². The number of nitrogens with zero attached hydrogens (tertiary/aromatic N) is 2. The van der Waals surface area contributed by atoms with Crippen LogP contribution < -0.4 is 5.32 Å². The number of rotatable bonds is 4. The van der Waals surface area contributed by atoms with Crippen LogP contribution in [0, 0.1) is 17.3 Å². The smallest absolute Gasteiger partial charge is 0.307 e. The number of hydrogen-bond donors (Lipinski definition) is 2. The van der Waals surface area contributed by atoms with Crippen molar-refractivity contribution in [2.75, 3.05) is 38.5 Å². The number of nitrogens with one attached hydrogen (secondary N) is 1. The van der Waals surface area contributed by atoms with Gasteiger partial charge in [0, 0.05) is 37.4 Å². The zero-order valence-corrected chi connectivity index (χ0v) is 15.4. The summed E-state index contributed by atoms with van der Waals surface area (Å²) in [6, 6.07) is 6.77. The molecule has 1 saturated heterocycles. The van der Waals surface area contributed by atoms with Crippen molar-refractivity contribution in [1.29, 1.82) is 0 Å². The van der Waals surface area contributed by atoms with Crippen LogP contribution in [0.2, 0.25) is 0 Å². The quantitative estimate of drug-likeness (QED) is 0.847. The molecule has 1 heterocycles. The molecule has 1 aliphatic heterocycles. The first-order chi connectivity index (χ1) is 12.2. The van der Waals surface area contributed by atoms with Crippen molar-refractivity contribution in [3.63, 3.8) is 0 Å². The highest BCUT2D eigenvalue weighted by atomic mass is 16.4. The molecule has 2 atom stereocenters. The van der Waals surface area contributed by atoms with Gasteiger partial charge in [-0.2, -0.15) is 0 Å². The highest BCUT2D eigenvalue weighted by Gasteiger charge is 2.65. The first kappa shape index (κ1) is 18.4. The normalized spacial score (nSPS) is 24.8. The molecule has 26 heavy (non-hydrogen) atoms. The summed E-state index contributed by atoms with van der Waals surface area (Å²) in [6.07, 6.45) is 0. The molecule has 1 aromatic carbocycles. The van der Waals surface area contributed by atoms with Crippen LogP contribution in [0.4, 0.5) is 5.69 Å². The molecule has 0 unspecified atom stereocenters. The number of likely N-dealkylation sites (N-methyl/N-ethyl adjacent to an activating group) is 1. The third-order valence-electron chi connectivity index (χ3n) is 5.57. The summed E-state index contributed by atoms with van der Waals surface area (Å²) in [5, 5.41) is 11.9. The van der Waals surface area contributed by atoms with Crippen molar-refractivity contribution >= 4 is 23.5 Å². The van der Waals surface area contributed by atoms with Gasteiger partial charge in [-0.15, -0.1) is 0 Å². The first-order valence-corrected chi connectivity index (χ1v) is 8.83. The van der Waals surface area contributed by atoms with Gasteiger partial charge in [0.2, 0.25) is 5.91 Å². The van der Waals surface area contributed by atoms with Crippen LogP contribution in [0.3, 0.4) is 0 Å². The van der Waals surface area contributed by atoms with Crippen LogP contribution in [-0.4, -0.2) is 65.9 Å². The van der Waals surface area contributed by atoms with Gasteiger partial charge in [0.15, 0.2) is 0 Å². The molecule has 0 aromatic heterocycles. The molecule has 2 fully saturated rings.